The average molecular weight is 328 g/mol. The Bertz CT molecular complexity index is 368. The van der Waals surface area contributed by atoms with E-state index in [1.54, 1.807) is 0 Å². The molecule has 1 saturated heterocycles. The summed E-state index contributed by atoms with van der Waals surface area (Å²) in [6.07, 6.45) is 9.10. The molecule has 0 bridgehead atoms. The maximum Gasteiger partial charge on any atom is 0.373 e. The third kappa shape index (κ3) is 7.82. The fourth-order valence-electron chi connectivity index (χ4n) is 2.87. The van der Waals surface area contributed by atoms with Crippen LogP contribution in [0.3, 0.4) is 0 Å². The molecule has 1 aliphatic rings. The van der Waals surface area contributed by atoms with Crippen LogP contribution in [0.1, 0.15) is 90.9 Å². The van der Waals surface area contributed by atoms with Crippen molar-refractivity contribution >= 4 is 11.9 Å². The van der Waals surface area contributed by atoms with Gasteiger partial charge in [-0.05, 0) is 25.7 Å². The van der Waals surface area contributed by atoms with E-state index in [0.717, 1.165) is 51.4 Å². The molecule has 1 rings (SSSR count). The largest absolute Gasteiger partial charge is 0.398 e. The van der Waals surface area contributed by atoms with E-state index < -0.39 is 17.9 Å². The molecule has 0 spiro atoms. The lowest BCUT2D eigenvalue weighted by Gasteiger charge is -2.28. The average Bonchev–Trinajstić information content (AvgIpc) is 2.50. The Morgan fingerprint density at radius 2 is 1.74 bits per heavy atom. The summed E-state index contributed by atoms with van der Waals surface area (Å²) >= 11 is 0. The van der Waals surface area contributed by atoms with Crippen molar-refractivity contribution in [2.45, 2.75) is 96.9 Å². The van der Waals surface area contributed by atoms with E-state index in [9.17, 15) is 14.7 Å². The number of aliphatic hydroxyl groups is 1. The van der Waals surface area contributed by atoms with Crippen LogP contribution in [-0.4, -0.2) is 23.0 Å². The second-order valence-electron chi connectivity index (χ2n) is 6.48. The van der Waals surface area contributed by atoms with Crippen molar-refractivity contribution in [1.29, 1.82) is 0 Å². The molecule has 0 aromatic rings. The molecule has 1 fully saturated rings. The lowest BCUT2D eigenvalue weighted by molar-refractivity contribution is -0.330. The first-order chi connectivity index (χ1) is 11.0. The Balaban J connectivity index is 2.79. The van der Waals surface area contributed by atoms with Crippen molar-refractivity contribution in [2.24, 2.45) is 5.92 Å². The fraction of sp³-hybridized carbons (Fsp3) is 0.889. The zero-order chi connectivity index (χ0) is 17.1. The van der Waals surface area contributed by atoms with Gasteiger partial charge in [0.2, 0.25) is 0 Å². The van der Waals surface area contributed by atoms with E-state index in [4.69, 9.17) is 9.47 Å². The molecule has 0 radical (unpaired) electrons. The van der Waals surface area contributed by atoms with Crippen molar-refractivity contribution in [3.05, 3.63) is 0 Å². The Hall–Kier alpha value is -1.10. The number of cyclic esters (lactones) is 2. The molecule has 0 amide bonds. The highest BCUT2D eigenvalue weighted by Gasteiger charge is 2.37. The zero-order valence-electron chi connectivity index (χ0n) is 14.6. The molecule has 2 unspecified atom stereocenters. The van der Waals surface area contributed by atoms with Crippen LogP contribution < -0.4 is 0 Å². The zero-order valence-corrected chi connectivity index (χ0v) is 14.6. The molecular formula is C18H32O5. The van der Waals surface area contributed by atoms with Crippen molar-refractivity contribution in [2.75, 3.05) is 0 Å². The van der Waals surface area contributed by atoms with Gasteiger partial charge in [-0.3, -0.25) is 9.59 Å². The van der Waals surface area contributed by atoms with E-state index in [-0.39, 0.29) is 18.8 Å². The standard InChI is InChI=1S/C18H32O5/c1-3-5-11-14-18(21)22-16(19)13-10-8-6-7-9-12-15(4-2)17(20)23-18/h15,21H,3-14H2,1-2H3. The van der Waals surface area contributed by atoms with Gasteiger partial charge in [0.05, 0.1) is 12.3 Å². The highest BCUT2D eigenvalue weighted by Crippen LogP contribution is 2.25. The molecule has 1 heterocycles. The number of unbranched alkanes of at least 4 members (excludes halogenated alkanes) is 2. The lowest BCUT2D eigenvalue weighted by Crippen LogP contribution is -2.41. The topological polar surface area (TPSA) is 72.8 Å². The van der Waals surface area contributed by atoms with Crippen LogP contribution in [0, 0.1) is 5.92 Å². The summed E-state index contributed by atoms with van der Waals surface area (Å²) in [5, 5.41) is 10.5. The predicted octanol–water partition coefficient (Wildman–Crippen LogP) is 4.07. The third-order valence-corrected chi connectivity index (χ3v) is 4.39. The van der Waals surface area contributed by atoms with E-state index >= 15 is 0 Å². The number of esters is 2. The minimum absolute atomic E-state index is 0.134. The summed E-state index contributed by atoms with van der Waals surface area (Å²) in [5.41, 5.74) is 0. The SMILES string of the molecule is CCCCCC1(O)OC(=O)CCCCCCCC(CC)C(=O)O1. The highest BCUT2D eigenvalue weighted by molar-refractivity contribution is 5.73. The van der Waals surface area contributed by atoms with Gasteiger partial charge in [0.1, 0.15) is 0 Å². The molecule has 0 aromatic carbocycles. The lowest BCUT2D eigenvalue weighted by atomic mass is 9.98. The van der Waals surface area contributed by atoms with Gasteiger partial charge in [0, 0.05) is 6.42 Å². The molecule has 0 saturated carbocycles. The van der Waals surface area contributed by atoms with E-state index in [0.29, 0.717) is 12.8 Å². The van der Waals surface area contributed by atoms with Gasteiger partial charge >= 0.3 is 17.9 Å². The van der Waals surface area contributed by atoms with Crippen LogP contribution in [0.5, 0.6) is 0 Å². The molecule has 5 heteroatoms. The Labute approximate surface area is 139 Å². The van der Waals surface area contributed by atoms with E-state index in [1.807, 2.05) is 13.8 Å². The van der Waals surface area contributed by atoms with Gasteiger partial charge in [0.25, 0.3) is 0 Å². The number of carbonyl (C=O) groups is 2. The maximum absolute atomic E-state index is 12.3. The minimum atomic E-state index is -2.11. The van der Waals surface area contributed by atoms with Crippen LogP contribution in [0.25, 0.3) is 0 Å². The molecule has 1 aliphatic heterocycles. The molecule has 2 atom stereocenters. The number of hydrogen-bond acceptors (Lipinski definition) is 5. The Morgan fingerprint density at radius 1 is 1.04 bits per heavy atom. The third-order valence-electron chi connectivity index (χ3n) is 4.39. The molecule has 23 heavy (non-hydrogen) atoms. The van der Waals surface area contributed by atoms with Crippen LogP contribution in [-0.2, 0) is 19.1 Å². The van der Waals surface area contributed by atoms with Crippen molar-refractivity contribution in [1.82, 2.24) is 0 Å². The van der Waals surface area contributed by atoms with Gasteiger partial charge < -0.3 is 14.6 Å². The van der Waals surface area contributed by atoms with Crippen molar-refractivity contribution < 1.29 is 24.2 Å². The first-order valence-electron chi connectivity index (χ1n) is 9.17. The number of rotatable bonds is 5. The molecular weight excluding hydrogens is 296 g/mol. The van der Waals surface area contributed by atoms with Gasteiger partial charge in [-0.2, -0.15) is 0 Å². The normalized spacial score (nSPS) is 28.0. The van der Waals surface area contributed by atoms with E-state index in [2.05, 4.69) is 0 Å². The summed E-state index contributed by atoms with van der Waals surface area (Å²) < 4.78 is 10.4. The van der Waals surface area contributed by atoms with Crippen LogP contribution in [0.4, 0.5) is 0 Å². The quantitative estimate of drug-likeness (QED) is 0.608. The number of carbonyl (C=O) groups excluding carboxylic acids is 2. The highest BCUT2D eigenvalue weighted by atomic mass is 16.8. The van der Waals surface area contributed by atoms with Crippen molar-refractivity contribution in [3.8, 4) is 0 Å². The second-order valence-corrected chi connectivity index (χ2v) is 6.48. The first kappa shape index (κ1) is 19.9. The summed E-state index contributed by atoms with van der Waals surface area (Å²) in [7, 11) is 0. The molecule has 134 valence electrons. The van der Waals surface area contributed by atoms with E-state index in [1.165, 1.54) is 0 Å². The van der Waals surface area contributed by atoms with Gasteiger partial charge in [0.15, 0.2) is 0 Å². The van der Waals surface area contributed by atoms with Gasteiger partial charge in [-0.25, -0.2) is 0 Å². The fourth-order valence-corrected chi connectivity index (χ4v) is 2.87. The molecule has 0 aliphatic carbocycles. The molecule has 1 N–H and O–H groups in total. The second kappa shape index (κ2) is 10.6. The molecule has 0 aromatic heterocycles. The van der Waals surface area contributed by atoms with Crippen LogP contribution >= 0.6 is 0 Å². The van der Waals surface area contributed by atoms with Gasteiger partial charge in [-0.15, -0.1) is 0 Å². The number of hydrogen-bond donors (Lipinski definition) is 1. The van der Waals surface area contributed by atoms with Crippen LogP contribution in [0.2, 0.25) is 0 Å². The summed E-state index contributed by atoms with van der Waals surface area (Å²) in [6, 6.07) is 0. The number of ether oxygens (including phenoxy) is 2. The minimum Gasteiger partial charge on any atom is -0.398 e. The summed E-state index contributed by atoms with van der Waals surface area (Å²) in [4.78, 5) is 24.2. The van der Waals surface area contributed by atoms with Crippen molar-refractivity contribution in [3.63, 3.8) is 0 Å². The Kier molecular flexibility index (Phi) is 9.22. The van der Waals surface area contributed by atoms with Gasteiger partial charge in [-0.1, -0.05) is 52.4 Å². The smallest absolute Gasteiger partial charge is 0.373 e. The monoisotopic (exact) mass is 328 g/mol. The maximum atomic E-state index is 12.3. The summed E-state index contributed by atoms with van der Waals surface area (Å²) in [5.74, 6) is -3.31. The molecule has 5 nitrogen and oxygen atoms in total. The Morgan fingerprint density at radius 3 is 2.43 bits per heavy atom. The first-order valence-corrected chi connectivity index (χ1v) is 9.17. The summed E-state index contributed by atoms with van der Waals surface area (Å²) in [6.45, 7) is 3.98. The predicted molar refractivity (Wildman–Crippen MR) is 87.4 cm³/mol. The van der Waals surface area contributed by atoms with Crippen LogP contribution in [0.15, 0.2) is 0 Å².